The maximum Gasteiger partial charge on any atom is 0.419 e. The summed E-state index contributed by atoms with van der Waals surface area (Å²) in [4.78, 5) is 32.6. The van der Waals surface area contributed by atoms with Crippen LogP contribution in [0.15, 0.2) is 36.7 Å². The fourth-order valence-corrected chi connectivity index (χ4v) is 6.75. The van der Waals surface area contributed by atoms with Crippen molar-refractivity contribution in [2.75, 3.05) is 20.8 Å². The number of rotatable bonds is 7. The molecule has 2 aromatic heterocycles. The summed E-state index contributed by atoms with van der Waals surface area (Å²) in [5, 5.41) is 0.961. The lowest BCUT2D eigenvalue weighted by atomic mass is 9.82. The summed E-state index contributed by atoms with van der Waals surface area (Å²) in [6.07, 6.45) is 6.80. The van der Waals surface area contributed by atoms with Crippen LogP contribution in [0.1, 0.15) is 80.6 Å². The monoisotopic (exact) mass is 563 g/mol. The van der Waals surface area contributed by atoms with Gasteiger partial charge in [0.05, 0.1) is 42.6 Å². The van der Waals surface area contributed by atoms with Crippen molar-refractivity contribution in [1.29, 1.82) is 0 Å². The first kappa shape index (κ1) is 29.1. The van der Waals surface area contributed by atoms with E-state index in [2.05, 4.69) is 4.90 Å². The molecule has 0 spiro atoms. The van der Waals surface area contributed by atoms with Crippen molar-refractivity contribution in [2.24, 2.45) is 0 Å². The Hall–Kier alpha value is -3.43. The van der Waals surface area contributed by atoms with Crippen molar-refractivity contribution in [3.8, 4) is 5.75 Å². The van der Waals surface area contributed by atoms with Crippen LogP contribution in [0.2, 0.25) is 0 Å². The minimum Gasteiger partial charge on any atom is -0.496 e. The number of esters is 1. The lowest BCUT2D eigenvalue weighted by Gasteiger charge is -2.47. The van der Waals surface area contributed by atoms with Gasteiger partial charge in [0, 0.05) is 42.5 Å². The van der Waals surface area contributed by atoms with E-state index in [9.17, 15) is 9.59 Å². The number of hydrogen-bond acceptors (Lipinski definition) is 8. The Balaban J connectivity index is 1.59. The zero-order valence-electron chi connectivity index (χ0n) is 25.2. The third-order valence-corrected chi connectivity index (χ3v) is 8.41. The van der Waals surface area contributed by atoms with E-state index in [1.807, 2.05) is 52.8 Å². The van der Waals surface area contributed by atoms with Crippen LogP contribution in [0, 0.1) is 6.92 Å². The molecule has 4 heterocycles. The van der Waals surface area contributed by atoms with E-state index in [1.165, 1.54) is 7.11 Å². The number of carbonyl (C=O) groups excluding carboxylic acids is 2. The normalized spacial score (nSPS) is 22.6. The van der Waals surface area contributed by atoms with E-state index < -0.39 is 17.7 Å². The van der Waals surface area contributed by atoms with Gasteiger partial charge in [0.25, 0.3) is 0 Å². The average Bonchev–Trinajstić information content (AvgIpc) is 3.47. The first-order valence-corrected chi connectivity index (χ1v) is 14.4. The first-order valence-electron chi connectivity index (χ1n) is 14.4. The summed E-state index contributed by atoms with van der Waals surface area (Å²) in [6, 6.07) is 8.02. The maximum absolute atomic E-state index is 13.1. The smallest absolute Gasteiger partial charge is 0.419 e. The minimum atomic E-state index is -0.607. The molecule has 2 aliphatic heterocycles. The second-order valence-electron chi connectivity index (χ2n) is 12.1. The summed E-state index contributed by atoms with van der Waals surface area (Å²) in [7, 11) is 3.06. The molecule has 9 heteroatoms. The van der Waals surface area contributed by atoms with E-state index in [0.717, 1.165) is 59.2 Å². The van der Waals surface area contributed by atoms with Crippen molar-refractivity contribution in [3.63, 3.8) is 0 Å². The second-order valence-corrected chi connectivity index (χ2v) is 12.1. The summed E-state index contributed by atoms with van der Waals surface area (Å²) in [6.45, 7) is 10.9. The van der Waals surface area contributed by atoms with Gasteiger partial charge in [-0.15, -0.1) is 0 Å². The molecule has 2 fully saturated rings. The van der Waals surface area contributed by atoms with Crippen LogP contribution >= 0.6 is 0 Å². The fourth-order valence-electron chi connectivity index (χ4n) is 6.75. The second kappa shape index (κ2) is 11.1. The average molecular weight is 564 g/mol. The van der Waals surface area contributed by atoms with Crippen LogP contribution in [-0.4, -0.2) is 65.1 Å². The molecule has 0 radical (unpaired) electrons. The van der Waals surface area contributed by atoms with E-state index in [0.29, 0.717) is 18.7 Å². The summed E-state index contributed by atoms with van der Waals surface area (Å²) in [5.41, 5.74) is 3.15. The molecule has 9 nitrogen and oxygen atoms in total. The van der Waals surface area contributed by atoms with Crippen molar-refractivity contribution in [3.05, 3.63) is 59.0 Å². The Bertz CT molecular complexity index is 1440. The van der Waals surface area contributed by atoms with Crippen LogP contribution in [-0.2, 0) is 26.3 Å². The Labute approximate surface area is 241 Å². The summed E-state index contributed by atoms with van der Waals surface area (Å²) >= 11 is 0. The number of piperidine rings is 1. The van der Waals surface area contributed by atoms with Gasteiger partial charge in [-0.05, 0) is 90.1 Å². The van der Waals surface area contributed by atoms with Crippen LogP contribution in [0.25, 0.3) is 10.9 Å². The lowest BCUT2D eigenvalue weighted by Crippen LogP contribution is -2.52. The van der Waals surface area contributed by atoms with E-state index in [4.69, 9.17) is 23.9 Å². The SMILES string of the molecule is CCO[C@@H]1C[C@@H]2CCC(c3ccc(C(=O)OC)cn3)(C1)N2Cc1c(OC)cc(C)c2c1ccn2C(=O)OC(C)(C)C. The van der Waals surface area contributed by atoms with E-state index in [1.54, 1.807) is 30.1 Å². The van der Waals surface area contributed by atoms with Crippen LogP contribution < -0.4 is 4.74 Å². The molecule has 2 saturated heterocycles. The maximum atomic E-state index is 13.1. The van der Waals surface area contributed by atoms with Crippen molar-refractivity contribution < 1.29 is 28.5 Å². The predicted molar refractivity (Wildman–Crippen MR) is 155 cm³/mol. The number of fused-ring (bicyclic) bond motifs is 3. The Morgan fingerprint density at radius 3 is 2.59 bits per heavy atom. The molecular weight excluding hydrogens is 522 g/mol. The summed E-state index contributed by atoms with van der Waals surface area (Å²) in [5.74, 6) is 0.382. The van der Waals surface area contributed by atoms with Crippen molar-refractivity contribution in [2.45, 2.75) is 90.1 Å². The fraction of sp³-hybridized carbons (Fsp3) is 0.531. The third-order valence-electron chi connectivity index (χ3n) is 8.41. The highest BCUT2D eigenvalue weighted by molar-refractivity contribution is 5.95. The largest absolute Gasteiger partial charge is 0.496 e. The van der Waals surface area contributed by atoms with Gasteiger partial charge in [-0.2, -0.15) is 0 Å². The lowest BCUT2D eigenvalue weighted by molar-refractivity contribution is -0.0608. The predicted octanol–water partition coefficient (Wildman–Crippen LogP) is 5.98. The number of aryl methyl sites for hydroxylation is 1. The number of methoxy groups -OCH3 is 2. The highest BCUT2D eigenvalue weighted by Crippen LogP contribution is 2.52. The number of hydrogen-bond donors (Lipinski definition) is 0. The topological polar surface area (TPSA) is 92.1 Å². The number of benzene rings is 1. The molecule has 2 aliphatic rings. The van der Waals surface area contributed by atoms with Crippen LogP contribution in [0.3, 0.4) is 0 Å². The van der Waals surface area contributed by atoms with Gasteiger partial charge < -0.3 is 18.9 Å². The molecule has 5 rings (SSSR count). The number of pyridine rings is 1. The van der Waals surface area contributed by atoms with Gasteiger partial charge in [-0.3, -0.25) is 14.5 Å². The van der Waals surface area contributed by atoms with E-state index >= 15 is 0 Å². The molecular formula is C32H41N3O6. The highest BCUT2D eigenvalue weighted by atomic mass is 16.6. The minimum absolute atomic E-state index is 0.124. The molecule has 3 aromatic rings. The van der Waals surface area contributed by atoms with Gasteiger partial charge in [0.1, 0.15) is 11.4 Å². The molecule has 220 valence electrons. The quantitative estimate of drug-likeness (QED) is 0.324. The molecule has 41 heavy (non-hydrogen) atoms. The van der Waals surface area contributed by atoms with Gasteiger partial charge in [0.2, 0.25) is 0 Å². The van der Waals surface area contributed by atoms with Gasteiger partial charge in [0.15, 0.2) is 0 Å². The molecule has 0 N–H and O–H groups in total. The van der Waals surface area contributed by atoms with E-state index in [-0.39, 0.29) is 17.7 Å². The first-order chi connectivity index (χ1) is 19.5. The molecule has 2 bridgehead atoms. The van der Waals surface area contributed by atoms with Crippen LogP contribution in [0.5, 0.6) is 5.75 Å². The zero-order valence-corrected chi connectivity index (χ0v) is 25.2. The Morgan fingerprint density at radius 1 is 1.17 bits per heavy atom. The third kappa shape index (κ3) is 5.33. The highest BCUT2D eigenvalue weighted by Gasteiger charge is 2.54. The number of carbonyl (C=O) groups is 2. The molecule has 3 atom stereocenters. The zero-order chi connectivity index (χ0) is 29.5. The number of aromatic nitrogens is 2. The summed E-state index contributed by atoms with van der Waals surface area (Å²) < 4.78 is 24.3. The van der Waals surface area contributed by atoms with Crippen LogP contribution in [0.4, 0.5) is 4.79 Å². The molecule has 1 unspecified atom stereocenters. The Kier molecular flexibility index (Phi) is 7.87. The molecule has 1 aromatic carbocycles. The number of nitrogens with zero attached hydrogens (tertiary/aromatic N) is 3. The Morgan fingerprint density at radius 2 is 1.95 bits per heavy atom. The van der Waals surface area contributed by atoms with Gasteiger partial charge >= 0.3 is 12.1 Å². The number of ether oxygens (including phenoxy) is 4. The van der Waals surface area contributed by atoms with Gasteiger partial charge in [-0.1, -0.05) is 0 Å². The standard InChI is InChI=1S/C32H41N3O6/c1-8-40-23-16-22-11-13-32(17-23,27-10-9-21(18-33-27)29(36)39-7)35(22)19-25-24-12-14-34(30(37)41-31(3,4)5)28(24)20(2)15-26(25)38-6/h9-10,12,14-15,18,22-23H,8,11,13,16-17,19H2,1-7H3/t22-,23+,32?/m0/s1. The molecule has 0 aliphatic carbocycles. The van der Waals surface area contributed by atoms with Crippen molar-refractivity contribution >= 4 is 23.0 Å². The van der Waals surface area contributed by atoms with Gasteiger partial charge in [-0.25, -0.2) is 9.59 Å². The molecule has 0 saturated carbocycles. The van der Waals surface area contributed by atoms with Crippen molar-refractivity contribution in [1.82, 2.24) is 14.5 Å². The molecule has 0 amide bonds.